The number of rotatable bonds is 2. The first-order valence-electron chi connectivity index (χ1n) is 8.22. The van der Waals surface area contributed by atoms with Crippen LogP contribution < -0.4 is 4.90 Å². The van der Waals surface area contributed by atoms with E-state index in [1.54, 1.807) is 0 Å². The Bertz CT molecular complexity index is 824. The highest BCUT2D eigenvalue weighted by atomic mass is 16.3. The number of aryl methyl sites for hydroxylation is 1. The molecule has 4 nitrogen and oxygen atoms in total. The van der Waals surface area contributed by atoms with Gasteiger partial charge in [-0.2, -0.15) is 0 Å². The van der Waals surface area contributed by atoms with E-state index < -0.39 is 0 Å². The Labute approximate surface area is 130 Å². The zero-order chi connectivity index (χ0) is 15.1. The maximum absolute atomic E-state index is 6.12. The van der Waals surface area contributed by atoms with E-state index in [0.717, 1.165) is 46.7 Å². The molecule has 1 aromatic carbocycles. The summed E-state index contributed by atoms with van der Waals surface area (Å²) in [6, 6.07) is 8.63. The summed E-state index contributed by atoms with van der Waals surface area (Å²) >= 11 is 0. The molecule has 4 rings (SSSR count). The van der Waals surface area contributed by atoms with Crippen LogP contribution in [0.2, 0.25) is 0 Å². The summed E-state index contributed by atoms with van der Waals surface area (Å²) in [7, 11) is 0. The number of aromatic nitrogens is 2. The number of hydrogen-bond acceptors (Lipinski definition) is 4. The highest BCUT2D eigenvalue weighted by molar-refractivity contribution is 6.05. The largest absolute Gasteiger partial charge is 0.450 e. The van der Waals surface area contributed by atoms with Crippen molar-refractivity contribution in [1.82, 2.24) is 9.97 Å². The van der Waals surface area contributed by atoms with Crippen LogP contribution in [-0.2, 0) is 6.42 Å². The van der Waals surface area contributed by atoms with E-state index in [2.05, 4.69) is 24.8 Å². The van der Waals surface area contributed by atoms with Crippen LogP contribution in [0.3, 0.4) is 0 Å². The first kappa shape index (κ1) is 13.6. The monoisotopic (exact) mass is 295 g/mol. The van der Waals surface area contributed by atoms with E-state index in [4.69, 9.17) is 14.4 Å². The Balaban J connectivity index is 1.99. The average molecular weight is 295 g/mol. The molecule has 1 aliphatic rings. The van der Waals surface area contributed by atoms with Crippen LogP contribution in [0.5, 0.6) is 0 Å². The minimum atomic E-state index is 0.504. The minimum absolute atomic E-state index is 0.504. The Hall–Kier alpha value is -2.10. The van der Waals surface area contributed by atoms with Crippen molar-refractivity contribution in [3.63, 3.8) is 0 Å². The zero-order valence-electron chi connectivity index (χ0n) is 13.2. The molecule has 4 heteroatoms. The van der Waals surface area contributed by atoms with E-state index >= 15 is 0 Å². The van der Waals surface area contributed by atoms with Crippen molar-refractivity contribution >= 4 is 27.9 Å². The second-order valence-electron chi connectivity index (χ2n) is 6.13. The van der Waals surface area contributed by atoms with Crippen LogP contribution in [0.15, 0.2) is 28.7 Å². The van der Waals surface area contributed by atoms with E-state index in [1.165, 1.54) is 19.3 Å². The summed E-state index contributed by atoms with van der Waals surface area (Å²) in [5, 5.41) is 1.08. The molecule has 0 spiro atoms. The molecule has 3 heterocycles. The van der Waals surface area contributed by atoms with Gasteiger partial charge in [-0.05, 0) is 38.3 Å². The number of piperidine rings is 1. The van der Waals surface area contributed by atoms with Gasteiger partial charge in [0, 0.05) is 24.4 Å². The highest BCUT2D eigenvalue weighted by Crippen LogP contribution is 2.35. The van der Waals surface area contributed by atoms with Crippen molar-refractivity contribution in [2.45, 2.75) is 45.6 Å². The number of anilines is 1. The molecule has 1 aliphatic heterocycles. The number of para-hydroxylation sites is 1. The lowest BCUT2D eigenvalue weighted by Crippen LogP contribution is -2.38. The molecule has 0 saturated carbocycles. The van der Waals surface area contributed by atoms with Gasteiger partial charge in [0.15, 0.2) is 11.4 Å². The van der Waals surface area contributed by atoms with Gasteiger partial charge in [0.2, 0.25) is 0 Å². The molecule has 22 heavy (non-hydrogen) atoms. The zero-order valence-corrected chi connectivity index (χ0v) is 13.2. The van der Waals surface area contributed by atoms with E-state index in [9.17, 15) is 0 Å². The van der Waals surface area contributed by atoms with Crippen molar-refractivity contribution in [2.24, 2.45) is 0 Å². The molecule has 0 bridgehead atoms. The Morgan fingerprint density at radius 2 is 2.09 bits per heavy atom. The molecular formula is C18H21N3O. The summed E-state index contributed by atoms with van der Waals surface area (Å²) in [4.78, 5) is 11.9. The Kier molecular flexibility index (Phi) is 3.25. The van der Waals surface area contributed by atoms with Crippen molar-refractivity contribution in [3.05, 3.63) is 30.1 Å². The van der Waals surface area contributed by atoms with Crippen LogP contribution in [0.25, 0.3) is 22.1 Å². The smallest absolute Gasteiger partial charge is 0.196 e. The summed E-state index contributed by atoms with van der Waals surface area (Å²) in [5.41, 5.74) is 2.69. The van der Waals surface area contributed by atoms with Gasteiger partial charge in [-0.1, -0.05) is 19.1 Å². The standard InChI is InChI=1S/C18H21N3O/c1-3-15-19-16-13-9-4-5-10-14(13)22-17(16)18(20-15)21-11-7-6-8-12(21)2/h4-5,9-10,12H,3,6-8,11H2,1-2H3/t12-/m0/s1. The van der Waals surface area contributed by atoms with Gasteiger partial charge >= 0.3 is 0 Å². The summed E-state index contributed by atoms with van der Waals surface area (Å²) in [6.07, 6.45) is 4.57. The van der Waals surface area contributed by atoms with Gasteiger partial charge in [-0.3, -0.25) is 0 Å². The van der Waals surface area contributed by atoms with Crippen LogP contribution in [0.4, 0.5) is 5.82 Å². The molecule has 2 aromatic heterocycles. The summed E-state index contributed by atoms with van der Waals surface area (Å²) in [5.74, 6) is 1.87. The lowest BCUT2D eigenvalue weighted by Gasteiger charge is -2.34. The van der Waals surface area contributed by atoms with Crippen LogP contribution in [0, 0.1) is 0 Å². The average Bonchev–Trinajstić information content (AvgIpc) is 2.93. The third kappa shape index (κ3) is 2.05. The van der Waals surface area contributed by atoms with Gasteiger partial charge in [-0.15, -0.1) is 0 Å². The predicted octanol–water partition coefficient (Wildman–Crippen LogP) is 4.32. The minimum Gasteiger partial charge on any atom is -0.450 e. The van der Waals surface area contributed by atoms with Crippen LogP contribution >= 0.6 is 0 Å². The molecule has 0 aliphatic carbocycles. The fourth-order valence-corrected chi connectivity index (χ4v) is 3.39. The van der Waals surface area contributed by atoms with E-state index in [-0.39, 0.29) is 0 Å². The van der Waals surface area contributed by atoms with E-state index in [0.29, 0.717) is 6.04 Å². The predicted molar refractivity (Wildman–Crippen MR) is 89.3 cm³/mol. The van der Waals surface area contributed by atoms with Crippen molar-refractivity contribution in [2.75, 3.05) is 11.4 Å². The van der Waals surface area contributed by atoms with Gasteiger partial charge < -0.3 is 9.32 Å². The SMILES string of the molecule is CCc1nc(N2CCCC[C@@H]2C)c2oc3ccccc3c2n1. The molecule has 1 atom stereocenters. The fraction of sp³-hybridized carbons (Fsp3) is 0.444. The number of nitrogens with zero attached hydrogens (tertiary/aromatic N) is 3. The van der Waals surface area contributed by atoms with Crippen LogP contribution in [-0.4, -0.2) is 22.6 Å². The normalized spacial score (nSPS) is 19.2. The first-order valence-corrected chi connectivity index (χ1v) is 8.22. The topological polar surface area (TPSA) is 42.2 Å². The molecule has 1 fully saturated rings. The maximum atomic E-state index is 6.12. The van der Waals surface area contributed by atoms with Crippen molar-refractivity contribution < 1.29 is 4.42 Å². The van der Waals surface area contributed by atoms with Crippen molar-refractivity contribution in [1.29, 1.82) is 0 Å². The first-order chi connectivity index (χ1) is 10.8. The maximum Gasteiger partial charge on any atom is 0.196 e. The Morgan fingerprint density at radius 3 is 2.91 bits per heavy atom. The number of benzene rings is 1. The van der Waals surface area contributed by atoms with Crippen molar-refractivity contribution in [3.8, 4) is 0 Å². The molecule has 114 valence electrons. The van der Waals surface area contributed by atoms with Crippen LogP contribution in [0.1, 0.15) is 38.9 Å². The second kappa shape index (κ2) is 5.27. The van der Waals surface area contributed by atoms with Gasteiger partial charge in [0.1, 0.15) is 16.9 Å². The van der Waals surface area contributed by atoms with Gasteiger partial charge in [0.05, 0.1) is 0 Å². The molecular weight excluding hydrogens is 274 g/mol. The number of fused-ring (bicyclic) bond motifs is 3. The van der Waals surface area contributed by atoms with Gasteiger partial charge in [0.25, 0.3) is 0 Å². The second-order valence-corrected chi connectivity index (χ2v) is 6.13. The third-order valence-corrected chi connectivity index (χ3v) is 4.64. The Morgan fingerprint density at radius 1 is 1.23 bits per heavy atom. The van der Waals surface area contributed by atoms with E-state index in [1.807, 2.05) is 18.2 Å². The molecule has 0 radical (unpaired) electrons. The summed E-state index contributed by atoms with van der Waals surface area (Å²) in [6.45, 7) is 5.43. The highest BCUT2D eigenvalue weighted by Gasteiger charge is 2.25. The number of hydrogen-bond donors (Lipinski definition) is 0. The molecule has 0 amide bonds. The third-order valence-electron chi connectivity index (χ3n) is 4.64. The lowest BCUT2D eigenvalue weighted by atomic mass is 10.0. The molecule has 3 aromatic rings. The molecule has 0 unspecified atom stereocenters. The lowest BCUT2D eigenvalue weighted by molar-refractivity contribution is 0.479. The van der Waals surface area contributed by atoms with Gasteiger partial charge in [-0.25, -0.2) is 9.97 Å². The fourth-order valence-electron chi connectivity index (χ4n) is 3.39. The summed E-state index contributed by atoms with van der Waals surface area (Å²) < 4.78 is 6.12. The molecule has 0 N–H and O–H groups in total. The molecule has 1 saturated heterocycles. The quantitative estimate of drug-likeness (QED) is 0.706. The number of furan rings is 1.